The van der Waals surface area contributed by atoms with Gasteiger partial charge in [-0.3, -0.25) is 4.79 Å². The van der Waals surface area contributed by atoms with Gasteiger partial charge in [0.2, 0.25) is 5.91 Å². The monoisotopic (exact) mass is 281 g/mol. The van der Waals surface area contributed by atoms with Gasteiger partial charge in [0.15, 0.2) is 0 Å². The largest absolute Gasteiger partial charge is 0.350 e. The molecule has 0 radical (unpaired) electrons. The smallest absolute Gasteiger partial charge is 0.221 e. The molecule has 1 atom stereocenters. The van der Waals surface area contributed by atoms with E-state index in [1.54, 1.807) is 13.0 Å². The van der Waals surface area contributed by atoms with Crippen LogP contribution in [0.5, 0.6) is 0 Å². The molecule has 2 rings (SSSR count). The third-order valence-electron chi connectivity index (χ3n) is 3.90. The SMILES string of the molecule is Cc1ccc(C(C)NC(=O)CC2(CS)CC2)cc1F. The molecule has 0 heterocycles. The highest BCUT2D eigenvalue weighted by Gasteiger charge is 2.42. The van der Waals surface area contributed by atoms with Gasteiger partial charge in [0.05, 0.1) is 6.04 Å². The number of amides is 1. The topological polar surface area (TPSA) is 29.1 Å². The summed E-state index contributed by atoms with van der Waals surface area (Å²) in [4.78, 5) is 12.0. The molecule has 1 fully saturated rings. The van der Waals surface area contributed by atoms with Crippen molar-refractivity contribution in [3.8, 4) is 0 Å². The molecule has 1 aliphatic carbocycles. The molecule has 0 bridgehead atoms. The zero-order valence-corrected chi connectivity index (χ0v) is 12.3. The van der Waals surface area contributed by atoms with E-state index in [0.717, 1.165) is 24.2 Å². The van der Waals surface area contributed by atoms with Crippen LogP contribution < -0.4 is 5.32 Å². The van der Waals surface area contributed by atoms with E-state index < -0.39 is 0 Å². The van der Waals surface area contributed by atoms with Crippen molar-refractivity contribution in [2.75, 3.05) is 5.75 Å². The highest BCUT2D eigenvalue weighted by atomic mass is 32.1. The van der Waals surface area contributed by atoms with Crippen molar-refractivity contribution < 1.29 is 9.18 Å². The number of nitrogens with one attached hydrogen (secondary N) is 1. The third-order valence-corrected chi connectivity index (χ3v) is 4.57. The van der Waals surface area contributed by atoms with Crippen LogP contribution >= 0.6 is 12.6 Å². The van der Waals surface area contributed by atoms with Crippen LogP contribution in [0.2, 0.25) is 0 Å². The Bertz CT molecular complexity index is 485. The molecule has 1 aromatic carbocycles. The minimum atomic E-state index is -0.229. The lowest BCUT2D eigenvalue weighted by Gasteiger charge is -2.17. The third kappa shape index (κ3) is 3.50. The molecule has 0 spiro atoms. The van der Waals surface area contributed by atoms with Crippen molar-refractivity contribution in [1.82, 2.24) is 5.32 Å². The first-order valence-corrected chi connectivity index (χ1v) is 7.25. The number of benzene rings is 1. The molecule has 0 aliphatic heterocycles. The Kier molecular flexibility index (Phi) is 4.19. The normalized spacial score (nSPS) is 17.9. The number of hydrogen-bond donors (Lipinski definition) is 2. The summed E-state index contributed by atoms with van der Waals surface area (Å²) in [6, 6.07) is 4.92. The Balaban J connectivity index is 1.94. The van der Waals surface area contributed by atoms with E-state index in [0.29, 0.717) is 12.0 Å². The van der Waals surface area contributed by atoms with E-state index >= 15 is 0 Å². The number of hydrogen-bond acceptors (Lipinski definition) is 2. The van der Waals surface area contributed by atoms with Crippen molar-refractivity contribution in [1.29, 1.82) is 0 Å². The maximum Gasteiger partial charge on any atom is 0.221 e. The summed E-state index contributed by atoms with van der Waals surface area (Å²) in [7, 11) is 0. The van der Waals surface area contributed by atoms with Gasteiger partial charge in [0, 0.05) is 6.42 Å². The van der Waals surface area contributed by atoms with Gasteiger partial charge in [-0.2, -0.15) is 12.6 Å². The Labute approximate surface area is 119 Å². The van der Waals surface area contributed by atoms with Crippen LogP contribution in [0.3, 0.4) is 0 Å². The van der Waals surface area contributed by atoms with Crippen molar-refractivity contribution in [3.05, 3.63) is 35.1 Å². The van der Waals surface area contributed by atoms with Crippen molar-refractivity contribution in [2.24, 2.45) is 5.41 Å². The number of carbonyl (C=O) groups is 1. The van der Waals surface area contributed by atoms with E-state index in [1.165, 1.54) is 6.07 Å². The molecule has 0 saturated heterocycles. The Hall–Kier alpha value is -1.03. The van der Waals surface area contributed by atoms with Crippen LogP contribution in [-0.4, -0.2) is 11.7 Å². The molecule has 1 saturated carbocycles. The highest BCUT2D eigenvalue weighted by molar-refractivity contribution is 7.80. The van der Waals surface area contributed by atoms with Crippen LogP contribution in [0.1, 0.15) is 43.4 Å². The van der Waals surface area contributed by atoms with Crippen LogP contribution in [0.4, 0.5) is 4.39 Å². The van der Waals surface area contributed by atoms with Gasteiger partial charge in [0.25, 0.3) is 0 Å². The second kappa shape index (κ2) is 5.53. The summed E-state index contributed by atoms with van der Waals surface area (Å²) in [5.74, 6) is 0.557. The van der Waals surface area contributed by atoms with Crippen LogP contribution in [0.15, 0.2) is 18.2 Å². The summed E-state index contributed by atoms with van der Waals surface area (Å²) >= 11 is 4.29. The van der Waals surface area contributed by atoms with E-state index in [-0.39, 0.29) is 23.2 Å². The Morgan fingerprint density at radius 3 is 2.74 bits per heavy atom. The fraction of sp³-hybridized carbons (Fsp3) is 0.533. The first-order valence-electron chi connectivity index (χ1n) is 6.62. The van der Waals surface area contributed by atoms with Gasteiger partial charge in [-0.15, -0.1) is 0 Å². The average Bonchev–Trinajstić information content (AvgIpc) is 3.12. The summed E-state index contributed by atoms with van der Waals surface area (Å²) < 4.78 is 13.5. The number of rotatable bonds is 5. The minimum Gasteiger partial charge on any atom is -0.350 e. The zero-order chi connectivity index (χ0) is 14.0. The highest BCUT2D eigenvalue weighted by Crippen LogP contribution is 2.49. The molecule has 1 aromatic rings. The molecule has 0 aromatic heterocycles. The maximum absolute atomic E-state index is 13.5. The lowest BCUT2D eigenvalue weighted by atomic mass is 10.0. The average molecular weight is 281 g/mol. The van der Waals surface area contributed by atoms with Gasteiger partial charge >= 0.3 is 0 Å². The lowest BCUT2D eigenvalue weighted by molar-refractivity contribution is -0.122. The predicted octanol–water partition coefficient (Wildman–Crippen LogP) is 3.41. The second-order valence-corrected chi connectivity index (χ2v) is 5.95. The Morgan fingerprint density at radius 2 is 2.21 bits per heavy atom. The van der Waals surface area contributed by atoms with Crippen LogP contribution in [-0.2, 0) is 4.79 Å². The first kappa shape index (κ1) is 14.4. The van der Waals surface area contributed by atoms with E-state index in [2.05, 4.69) is 17.9 Å². The summed E-state index contributed by atoms with van der Waals surface area (Å²) in [6.45, 7) is 3.61. The van der Waals surface area contributed by atoms with E-state index in [4.69, 9.17) is 0 Å². The summed E-state index contributed by atoms with van der Waals surface area (Å²) in [5.41, 5.74) is 1.53. The van der Waals surface area contributed by atoms with Crippen LogP contribution in [0, 0.1) is 18.2 Å². The predicted molar refractivity (Wildman–Crippen MR) is 77.8 cm³/mol. The van der Waals surface area contributed by atoms with Gasteiger partial charge in [-0.05, 0) is 55.1 Å². The molecular formula is C15H20FNOS. The first-order chi connectivity index (χ1) is 8.96. The van der Waals surface area contributed by atoms with E-state index in [9.17, 15) is 9.18 Å². The molecule has 19 heavy (non-hydrogen) atoms. The minimum absolute atomic E-state index is 0.0278. The fourth-order valence-corrected chi connectivity index (χ4v) is 2.59. The molecule has 104 valence electrons. The van der Waals surface area contributed by atoms with Crippen molar-refractivity contribution in [2.45, 2.75) is 39.2 Å². The molecule has 1 unspecified atom stereocenters. The van der Waals surface area contributed by atoms with Crippen molar-refractivity contribution in [3.63, 3.8) is 0 Å². The van der Waals surface area contributed by atoms with Gasteiger partial charge < -0.3 is 5.32 Å². The molecule has 2 nitrogen and oxygen atoms in total. The summed E-state index contributed by atoms with van der Waals surface area (Å²) in [5, 5.41) is 2.93. The van der Waals surface area contributed by atoms with Crippen LogP contribution in [0.25, 0.3) is 0 Å². The van der Waals surface area contributed by atoms with E-state index in [1.807, 2.05) is 13.0 Å². The fourth-order valence-electron chi connectivity index (χ4n) is 2.16. The number of halogens is 1. The molecule has 4 heteroatoms. The quantitative estimate of drug-likeness (QED) is 0.796. The van der Waals surface area contributed by atoms with Gasteiger partial charge in [-0.1, -0.05) is 12.1 Å². The molecule has 1 aliphatic rings. The number of aryl methyl sites for hydroxylation is 1. The standard InChI is InChI=1S/C15H20FNOS/c1-10-3-4-12(7-13(10)16)11(2)17-14(18)8-15(9-19)5-6-15/h3-4,7,11,19H,5-6,8-9H2,1-2H3,(H,17,18). The Morgan fingerprint density at radius 1 is 1.53 bits per heavy atom. The molecular weight excluding hydrogens is 261 g/mol. The number of carbonyl (C=O) groups excluding carboxylic acids is 1. The maximum atomic E-state index is 13.5. The zero-order valence-electron chi connectivity index (χ0n) is 11.4. The number of thiol groups is 1. The lowest BCUT2D eigenvalue weighted by Crippen LogP contribution is -2.29. The molecule has 1 N–H and O–H groups in total. The van der Waals surface area contributed by atoms with Gasteiger partial charge in [0.1, 0.15) is 5.82 Å². The second-order valence-electron chi connectivity index (χ2n) is 5.63. The van der Waals surface area contributed by atoms with Crippen molar-refractivity contribution >= 4 is 18.5 Å². The molecule has 1 amide bonds. The van der Waals surface area contributed by atoms with Gasteiger partial charge in [-0.25, -0.2) is 4.39 Å². The summed E-state index contributed by atoms with van der Waals surface area (Å²) in [6.07, 6.45) is 2.68.